The molecule has 3 saturated carbocycles. The van der Waals surface area contributed by atoms with Crippen LogP contribution in [0.3, 0.4) is 0 Å². The summed E-state index contributed by atoms with van der Waals surface area (Å²) in [5.41, 5.74) is 0.0776. The molecule has 3 aliphatic rings. The highest BCUT2D eigenvalue weighted by atomic mass is 16.3. The number of nitrogens with one attached hydrogen (secondary N) is 2. The smallest absolute Gasteiger partial charge is 0.251 e. The Morgan fingerprint density at radius 2 is 1.78 bits per heavy atom. The first-order valence-corrected chi connectivity index (χ1v) is 11.9. The van der Waals surface area contributed by atoms with Crippen LogP contribution in [-0.2, 0) is 4.79 Å². The van der Waals surface area contributed by atoms with Crippen LogP contribution in [-0.4, -0.2) is 34.6 Å². The molecule has 4 rings (SSSR count). The Kier molecular flexibility index (Phi) is 5.83. The van der Waals surface area contributed by atoms with Crippen molar-refractivity contribution in [3.63, 3.8) is 0 Å². The number of nitrogens with zero attached hydrogens (tertiary/aromatic N) is 1. The molecular weight excluding hydrogens is 402 g/mol. The predicted octanol–water partition coefficient (Wildman–Crippen LogP) is 3.68. The molecule has 0 bridgehead atoms. The highest BCUT2D eigenvalue weighted by Gasteiger charge is 2.61. The molecule has 0 radical (unpaired) electrons. The summed E-state index contributed by atoms with van der Waals surface area (Å²) in [5.74, 6) is 0.175. The van der Waals surface area contributed by atoms with Crippen molar-refractivity contribution >= 4 is 11.8 Å². The van der Waals surface area contributed by atoms with Crippen LogP contribution in [0.2, 0.25) is 0 Å². The topological polar surface area (TPSA) is 102 Å². The maximum absolute atomic E-state index is 13.1. The van der Waals surface area contributed by atoms with E-state index in [9.17, 15) is 14.7 Å². The van der Waals surface area contributed by atoms with Gasteiger partial charge >= 0.3 is 0 Å². The van der Waals surface area contributed by atoms with Crippen LogP contribution in [0.5, 0.6) is 0 Å². The van der Waals surface area contributed by atoms with Crippen molar-refractivity contribution < 1.29 is 14.7 Å². The van der Waals surface area contributed by atoms with Crippen molar-refractivity contribution in [1.82, 2.24) is 10.6 Å². The minimum atomic E-state index is -0.715. The summed E-state index contributed by atoms with van der Waals surface area (Å²) in [6.45, 7) is 6.37. The van der Waals surface area contributed by atoms with Crippen LogP contribution >= 0.6 is 0 Å². The number of hydrogen-bond donors (Lipinski definition) is 3. The second-order valence-corrected chi connectivity index (χ2v) is 11.2. The highest BCUT2D eigenvalue weighted by molar-refractivity contribution is 5.94. The van der Waals surface area contributed by atoms with Gasteiger partial charge in [-0.3, -0.25) is 9.59 Å². The fourth-order valence-corrected chi connectivity index (χ4v) is 6.24. The fraction of sp³-hybridized carbons (Fsp3) is 0.654. The number of fused-ring (bicyclic) bond motifs is 1. The van der Waals surface area contributed by atoms with Gasteiger partial charge in [-0.25, -0.2) is 0 Å². The lowest BCUT2D eigenvalue weighted by Gasteiger charge is -2.50. The molecule has 1 aromatic rings. The van der Waals surface area contributed by atoms with E-state index in [1.54, 1.807) is 24.3 Å². The Hall–Kier alpha value is -2.39. The Bertz CT molecular complexity index is 927. The summed E-state index contributed by atoms with van der Waals surface area (Å²) in [4.78, 5) is 25.7. The van der Waals surface area contributed by atoms with E-state index >= 15 is 0 Å². The van der Waals surface area contributed by atoms with E-state index < -0.39 is 5.60 Å². The van der Waals surface area contributed by atoms with E-state index in [0.29, 0.717) is 42.9 Å². The molecule has 6 nitrogen and oxygen atoms in total. The van der Waals surface area contributed by atoms with E-state index in [1.807, 2.05) is 6.92 Å². The van der Waals surface area contributed by atoms with Gasteiger partial charge in [0.25, 0.3) is 5.91 Å². The number of carbonyl (C=O) groups excluding carboxylic acids is 2. The third-order valence-corrected chi connectivity index (χ3v) is 8.18. The minimum absolute atomic E-state index is 0.0556. The standard InChI is InChI=1S/C26H35N3O3/c1-24(2)15-21(29-23(31)18-6-4-17(16-27)5-7-18)26(11-10-22(30)28-19-8-9-19)13-12-25(3,32)14-20(24)26/h4-7,19-21,32H,8-15H2,1-3H3,(H,28,30)(H,29,31). The Labute approximate surface area is 190 Å². The minimum Gasteiger partial charge on any atom is -0.390 e. The monoisotopic (exact) mass is 437 g/mol. The molecule has 2 amide bonds. The fourth-order valence-electron chi connectivity index (χ4n) is 6.24. The Morgan fingerprint density at radius 1 is 1.09 bits per heavy atom. The van der Waals surface area contributed by atoms with Gasteiger partial charge in [0.2, 0.25) is 5.91 Å². The number of amides is 2. The molecule has 0 heterocycles. The number of hydrogen-bond acceptors (Lipinski definition) is 4. The normalized spacial score (nSPS) is 33.1. The molecule has 4 unspecified atom stereocenters. The van der Waals surface area contributed by atoms with Crippen molar-refractivity contribution in [1.29, 1.82) is 5.26 Å². The van der Waals surface area contributed by atoms with E-state index in [0.717, 1.165) is 25.7 Å². The van der Waals surface area contributed by atoms with Crippen LogP contribution < -0.4 is 10.6 Å². The van der Waals surface area contributed by atoms with Crippen LogP contribution in [0.15, 0.2) is 24.3 Å². The van der Waals surface area contributed by atoms with Gasteiger partial charge in [-0.05, 0) is 92.9 Å². The third-order valence-electron chi connectivity index (χ3n) is 8.18. The number of rotatable bonds is 6. The Balaban J connectivity index is 1.57. The quantitative estimate of drug-likeness (QED) is 0.632. The molecule has 172 valence electrons. The predicted molar refractivity (Wildman–Crippen MR) is 122 cm³/mol. The second kappa shape index (κ2) is 8.19. The first-order valence-electron chi connectivity index (χ1n) is 11.9. The Morgan fingerprint density at radius 3 is 2.41 bits per heavy atom. The van der Waals surface area contributed by atoms with Gasteiger partial charge in [-0.15, -0.1) is 0 Å². The molecular formula is C26H35N3O3. The summed E-state index contributed by atoms with van der Waals surface area (Å²) in [5, 5.41) is 26.3. The molecule has 32 heavy (non-hydrogen) atoms. The van der Waals surface area contributed by atoms with Gasteiger partial charge in [0.05, 0.1) is 17.2 Å². The number of aliphatic hydroxyl groups is 1. The van der Waals surface area contributed by atoms with Crippen molar-refractivity contribution in [2.24, 2.45) is 16.7 Å². The van der Waals surface area contributed by atoms with Gasteiger partial charge in [0, 0.05) is 24.1 Å². The number of nitriles is 1. The van der Waals surface area contributed by atoms with Crippen LogP contribution in [0, 0.1) is 28.1 Å². The van der Waals surface area contributed by atoms with Crippen molar-refractivity contribution in [2.45, 2.75) is 89.8 Å². The molecule has 3 fully saturated rings. The SMILES string of the molecule is CC1(O)CCC2(CCC(=O)NC3CC3)C(NC(=O)c3ccc(C#N)cc3)CC(C)(C)C2C1. The number of benzene rings is 1. The molecule has 3 aliphatic carbocycles. The zero-order valence-corrected chi connectivity index (χ0v) is 19.4. The molecule has 1 aromatic carbocycles. The maximum Gasteiger partial charge on any atom is 0.251 e. The van der Waals surface area contributed by atoms with Crippen LogP contribution in [0.1, 0.15) is 88.1 Å². The molecule has 6 heteroatoms. The molecule has 3 N–H and O–H groups in total. The maximum atomic E-state index is 13.1. The van der Waals surface area contributed by atoms with Gasteiger partial charge in [0.1, 0.15) is 0 Å². The first-order chi connectivity index (χ1) is 15.0. The van der Waals surface area contributed by atoms with E-state index in [1.165, 1.54) is 0 Å². The largest absolute Gasteiger partial charge is 0.390 e. The zero-order chi connectivity index (χ0) is 23.1. The van der Waals surface area contributed by atoms with E-state index in [2.05, 4.69) is 30.6 Å². The molecule has 4 atom stereocenters. The zero-order valence-electron chi connectivity index (χ0n) is 19.4. The second-order valence-electron chi connectivity index (χ2n) is 11.2. The third kappa shape index (κ3) is 4.54. The van der Waals surface area contributed by atoms with Gasteiger partial charge < -0.3 is 15.7 Å². The average molecular weight is 438 g/mol. The van der Waals surface area contributed by atoms with Crippen molar-refractivity contribution in [3.05, 3.63) is 35.4 Å². The molecule has 0 spiro atoms. The summed E-state index contributed by atoms with van der Waals surface area (Å²) in [6, 6.07) is 9.05. The van der Waals surface area contributed by atoms with E-state index in [4.69, 9.17) is 5.26 Å². The van der Waals surface area contributed by atoms with Crippen molar-refractivity contribution in [2.75, 3.05) is 0 Å². The van der Waals surface area contributed by atoms with Gasteiger partial charge in [0.15, 0.2) is 0 Å². The van der Waals surface area contributed by atoms with Crippen LogP contribution in [0.25, 0.3) is 0 Å². The number of carbonyl (C=O) groups is 2. The van der Waals surface area contributed by atoms with Crippen molar-refractivity contribution in [3.8, 4) is 6.07 Å². The van der Waals surface area contributed by atoms with Gasteiger partial charge in [-0.1, -0.05) is 13.8 Å². The molecule has 0 saturated heterocycles. The average Bonchev–Trinajstić information content (AvgIpc) is 3.52. The lowest BCUT2D eigenvalue weighted by atomic mass is 9.57. The van der Waals surface area contributed by atoms with Crippen LogP contribution in [0.4, 0.5) is 0 Å². The van der Waals surface area contributed by atoms with E-state index in [-0.39, 0.29) is 34.6 Å². The highest BCUT2D eigenvalue weighted by Crippen LogP contribution is 2.63. The summed E-state index contributed by atoms with van der Waals surface area (Å²) < 4.78 is 0. The summed E-state index contributed by atoms with van der Waals surface area (Å²) >= 11 is 0. The first kappa shape index (κ1) is 22.8. The summed E-state index contributed by atoms with van der Waals surface area (Å²) in [7, 11) is 0. The van der Waals surface area contributed by atoms with Gasteiger partial charge in [-0.2, -0.15) is 5.26 Å². The molecule has 0 aliphatic heterocycles. The lowest BCUT2D eigenvalue weighted by molar-refractivity contribution is -0.123. The summed E-state index contributed by atoms with van der Waals surface area (Å²) in [6.07, 6.45) is 6.28. The molecule has 0 aromatic heterocycles. The lowest BCUT2D eigenvalue weighted by Crippen LogP contribution is -2.52.